The largest absolute Gasteiger partial charge is 0.489 e. The van der Waals surface area contributed by atoms with Gasteiger partial charge in [-0.2, -0.15) is 5.10 Å². The predicted octanol–water partition coefficient (Wildman–Crippen LogP) is 6.32. The number of carbonyl (C=O) groups excluding carboxylic acids is 1. The molecule has 1 N–H and O–H groups in total. The molecule has 0 unspecified atom stereocenters. The Morgan fingerprint density at radius 3 is 2.72 bits per heavy atom. The van der Waals surface area contributed by atoms with E-state index in [1.165, 1.54) is 10.7 Å². The number of anilines is 1. The summed E-state index contributed by atoms with van der Waals surface area (Å²) in [4.78, 5) is 12.7. The quantitative estimate of drug-likeness (QED) is 0.314. The van der Waals surface area contributed by atoms with Crippen LogP contribution in [0.2, 0.25) is 5.02 Å². The van der Waals surface area contributed by atoms with Crippen molar-refractivity contribution < 1.29 is 13.9 Å². The first-order valence-corrected chi connectivity index (χ1v) is 10.9. The summed E-state index contributed by atoms with van der Waals surface area (Å²) in [6.45, 7) is 0.486. The maximum absolute atomic E-state index is 14.0. The van der Waals surface area contributed by atoms with Crippen molar-refractivity contribution in [3.8, 4) is 5.75 Å². The zero-order chi connectivity index (χ0) is 22.5. The minimum absolute atomic E-state index is 0.157. The van der Waals surface area contributed by atoms with Crippen LogP contribution in [-0.4, -0.2) is 15.7 Å². The summed E-state index contributed by atoms with van der Waals surface area (Å²) in [7, 11) is 0. The molecule has 0 radical (unpaired) electrons. The summed E-state index contributed by atoms with van der Waals surface area (Å²) in [6.07, 6.45) is 1.65. The first kappa shape index (κ1) is 22.0. The van der Waals surface area contributed by atoms with Crippen molar-refractivity contribution in [1.29, 1.82) is 0 Å². The van der Waals surface area contributed by atoms with Crippen molar-refractivity contribution in [2.75, 3.05) is 5.32 Å². The second-order valence-corrected chi connectivity index (χ2v) is 8.32. The van der Waals surface area contributed by atoms with Gasteiger partial charge in [-0.25, -0.2) is 4.39 Å². The zero-order valence-electron chi connectivity index (χ0n) is 16.8. The predicted molar refractivity (Wildman–Crippen MR) is 126 cm³/mol. The first-order valence-electron chi connectivity index (χ1n) is 9.73. The molecule has 0 saturated heterocycles. The Hall–Kier alpha value is -3.16. The van der Waals surface area contributed by atoms with Gasteiger partial charge in [-0.05, 0) is 48.0 Å². The molecule has 0 fully saturated rings. The zero-order valence-corrected chi connectivity index (χ0v) is 19.1. The van der Waals surface area contributed by atoms with Crippen LogP contribution in [0.15, 0.2) is 83.5 Å². The van der Waals surface area contributed by atoms with Crippen molar-refractivity contribution in [2.45, 2.75) is 13.2 Å². The lowest BCUT2D eigenvalue weighted by Crippen LogP contribution is -2.13. The number of nitrogens with one attached hydrogen (secondary N) is 1. The topological polar surface area (TPSA) is 56.2 Å². The van der Waals surface area contributed by atoms with Crippen molar-refractivity contribution in [1.82, 2.24) is 9.78 Å². The molecular formula is C24H18BrClFN3O2. The van der Waals surface area contributed by atoms with Crippen LogP contribution >= 0.6 is 27.5 Å². The van der Waals surface area contributed by atoms with E-state index in [1.54, 1.807) is 42.6 Å². The van der Waals surface area contributed by atoms with Crippen LogP contribution < -0.4 is 10.1 Å². The van der Waals surface area contributed by atoms with E-state index in [2.05, 4.69) is 26.3 Å². The summed E-state index contributed by atoms with van der Waals surface area (Å²) in [5, 5.41) is 7.37. The fraction of sp³-hybridized carbons (Fsp3) is 0.0833. The highest BCUT2D eigenvalue weighted by Crippen LogP contribution is 2.21. The van der Waals surface area contributed by atoms with Crippen LogP contribution in [0.3, 0.4) is 0 Å². The maximum Gasteiger partial charge on any atom is 0.256 e. The Morgan fingerprint density at radius 2 is 1.91 bits per heavy atom. The van der Waals surface area contributed by atoms with Crippen LogP contribution in [0, 0.1) is 5.82 Å². The van der Waals surface area contributed by atoms with Gasteiger partial charge in [-0.3, -0.25) is 9.48 Å². The molecule has 0 bridgehead atoms. The molecule has 0 aliphatic heterocycles. The van der Waals surface area contributed by atoms with Gasteiger partial charge >= 0.3 is 0 Å². The molecule has 1 heterocycles. The number of nitrogens with zero attached hydrogens (tertiary/aromatic N) is 2. The van der Waals surface area contributed by atoms with Gasteiger partial charge in [0.1, 0.15) is 18.2 Å². The molecule has 4 aromatic rings. The molecule has 4 rings (SSSR count). The average Bonchev–Trinajstić information content (AvgIpc) is 3.22. The molecule has 0 aliphatic rings. The number of aromatic nitrogens is 2. The third-order valence-corrected chi connectivity index (χ3v) is 5.50. The monoisotopic (exact) mass is 513 g/mol. The Kier molecular flexibility index (Phi) is 6.87. The molecule has 0 spiro atoms. The molecular weight excluding hydrogens is 497 g/mol. The number of ether oxygens (including phenoxy) is 1. The molecule has 5 nitrogen and oxygen atoms in total. The Labute approximate surface area is 197 Å². The normalized spacial score (nSPS) is 10.7. The van der Waals surface area contributed by atoms with Gasteiger partial charge in [0.25, 0.3) is 5.91 Å². The van der Waals surface area contributed by atoms with E-state index < -0.39 is 5.82 Å². The Bertz CT molecular complexity index is 1240. The molecule has 1 aromatic heterocycles. The number of hydrogen-bond acceptors (Lipinski definition) is 3. The van der Waals surface area contributed by atoms with Gasteiger partial charge in [-0.15, -0.1) is 0 Å². The van der Waals surface area contributed by atoms with E-state index in [1.807, 2.05) is 30.3 Å². The highest BCUT2D eigenvalue weighted by atomic mass is 79.9. The number of rotatable bonds is 7. The summed E-state index contributed by atoms with van der Waals surface area (Å²) < 4.78 is 22.2. The average molecular weight is 515 g/mol. The van der Waals surface area contributed by atoms with Crippen molar-refractivity contribution in [3.63, 3.8) is 0 Å². The van der Waals surface area contributed by atoms with Crippen molar-refractivity contribution in [3.05, 3.63) is 111 Å². The molecule has 32 heavy (non-hydrogen) atoms. The minimum Gasteiger partial charge on any atom is -0.489 e. The Morgan fingerprint density at radius 1 is 1.09 bits per heavy atom. The van der Waals surface area contributed by atoms with E-state index >= 15 is 0 Å². The number of benzene rings is 3. The van der Waals surface area contributed by atoms with Crippen molar-refractivity contribution in [2.24, 2.45) is 0 Å². The summed E-state index contributed by atoms with van der Waals surface area (Å²) in [6, 6.07) is 20.9. The molecule has 162 valence electrons. The van der Waals surface area contributed by atoms with Crippen LogP contribution in [-0.2, 0) is 13.2 Å². The standard InChI is InChI=1S/C24H18BrClFN3O2/c25-18-6-2-7-19(13-18)32-15-16-4-1-5-17(12-16)24(31)28-23-10-11-30(29-23)14-20-21(26)8-3-9-22(20)27/h1-13H,14-15H2,(H,28,29,31). The van der Waals surface area contributed by atoms with E-state index in [0.29, 0.717) is 28.6 Å². The molecule has 8 heteroatoms. The molecule has 1 amide bonds. The van der Waals surface area contributed by atoms with Crippen LogP contribution in [0.25, 0.3) is 0 Å². The lowest BCUT2D eigenvalue weighted by molar-refractivity contribution is 0.102. The number of hydrogen-bond donors (Lipinski definition) is 1. The highest BCUT2D eigenvalue weighted by molar-refractivity contribution is 9.10. The highest BCUT2D eigenvalue weighted by Gasteiger charge is 2.11. The summed E-state index contributed by atoms with van der Waals surface area (Å²) in [5.41, 5.74) is 1.68. The Balaban J connectivity index is 1.39. The maximum atomic E-state index is 14.0. The third-order valence-electron chi connectivity index (χ3n) is 4.65. The van der Waals surface area contributed by atoms with E-state index in [4.69, 9.17) is 16.3 Å². The smallest absolute Gasteiger partial charge is 0.256 e. The lowest BCUT2D eigenvalue weighted by Gasteiger charge is -2.08. The van der Waals surface area contributed by atoms with Gasteiger partial charge in [0.05, 0.1) is 6.54 Å². The molecule has 0 atom stereocenters. The van der Waals surface area contributed by atoms with Crippen LogP contribution in [0.1, 0.15) is 21.5 Å². The minimum atomic E-state index is -0.402. The van der Waals surface area contributed by atoms with Gasteiger partial charge in [0, 0.05) is 32.9 Å². The van der Waals surface area contributed by atoms with Gasteiger partial charge < -0.3 is 10.1 Å². The molecule has 0 aliphatic carbocycles. The van der Waals surface area contributed by atoms with Crippen LogP contribution in [0.5, 0.6) is 5.75 Å². The second-order valence-electron chi connectivity index (χ2n) is 7.00. The van der Waals surface area contributed by atoms with Gasteiger partial charge in [0.2, 0.25) is 0 Å². The number of halogens is 3. The fourth-order valence-corrected chi connectivity index (χ4v) is 3.68. The first-order chi connectivity index (χ1) is 15.5. The second kappa shape index (κ2) is 9.97. The van der Waals surface area contributed by atoms with Gasteiger partial charge in [0.15, 0.2) is 5.82 Å². The van der Waals surface area contributed by atoms with Gasteiger partial charge in [-0.1, -0.05) is 51.8 Å². The summed E-state index contributed by atoms with van der Waals surface area (Å²) >= 11 is 9.49. The number of amides is 1. The summed E-state index contributed by atoms with van der Waals surface area (Å²) in [5.74, 6) is 0.386. The lowest BCUT2D eigenvalue weighted by atomic mass is 10.1. The van der Waals surface area contributed by atoms with E-state index in [0.717, 1.165) is 15.8 Å². The molecule has 3 aromatic carbocycles. The SMILES string of the molecule is O=C(Nc1ccn(Cc2c(F)cccc2Cl)n1)c1cccc(COc2cccc(Br)c2)c1. The van der Waals surface area contributed by atoms with E-state index in [-0.39, 0.29) is 12.5 Å². The van der Waals surface area contributed by atoms with E-state index in [9.17, 15) is 9.18 Å². The molecule has 0 saturated carbocycles. The fourth-order valence-electron chi connectivity index (χ4n) is 3.08. The third kappa shape index (κ3) is 5.55. The van der Waals surface area contributed by atoms with Crippen LogP contribution in [0.4, 0.5) is 10.2 Å². The van der Waals surface area contributed by atoms with Crippen molar-refractivity contribution >= 4 is 39.3 Å². The number of carbonyl (C=O) groups is 1.